The first-order chi connectivity index (χ1) is 9.74. The van der Waals surface area contributed by atoms with Gasteiger partial charge in [-0.25, -0.2) is 0 Å². The van der Waals surface area contributed by atoms with E-state index in [4.69, 9.17) is 5.11 Å². The third-order valence-corrected chi connectivity index (χ3v) is 4.78. The highest BCUT2D eigenvalue weighted by molar-refractivity contribution is 5.71. The van der Waals surface area contributed by atoms with Crippen molar-refractivity contribution in [2.45, 2.75) is 44.4 Å². The molecule has 3 heteroatoms. The molecule has 1 saturated carbocycles. The zero-order chi connectivity index (χ0) is 13.9. The summed E-state index contributed by atoms with van der Waals surface area (Å²) in [5, 5.41) is 9.09. The highest BCUT2D eigenvalue weighted by Gasteiger charge is 2.31. The van der Waals surface area contributed by atoms with Crippen LogP contribution in [0.15, 0.2) is 24.3 Å². The van der Waals surface area contributed by atoms with Gasteiger partial charge in [-0.1, -0.05) is 37.5 Å². The van der Waals surface area contributed by atoms with E-state index in [0.29, 0.717) is 0 Å². The predicted octanol–water partition coefficient (Wildman–Crippen LogP) is 3.65. The molecule has 108 valence electrons. The fraction of sp³-hybridized carbons (Fsp3) is 0.588. The van der Waals surface area contributed by atoms with Crippen LogP contribution in [0.4, 0.5) is 5.69 Å². The molecule has 0 saturated heterocycles. The van der Waals surface area contributed by atoms with Gasteiger partial charge in [0.25, 0.3) is 0 Å². The summed E-state index contributed by atoms with van der Waals surface area (Å²) in [6.07, 6.45) is 7.02. The number of para-hydroxylation sites is 1. The molecule has 1 aliphatic heterocycles. The molecule has 1 aliphatic carbocycles. The van der Waals surface area contributed by atoms with Gasteiger partial charge in [0.05, 0.1) is 6.42 Å². The Bertz CT molecular complexity index is 480. The number of rotatable bonds is 4. The van der Waals surface area contributed by atoms with Crippen molar-refractivity contribution in [3.63, 3.8) is 0 Å². The molecule has 1 N–H and O–H groups in total. The second-order valence-corrected chi connectivity index (χ2v) is 6.26. The zero-order valence-corrected chi connectivity index (χ0v) is 11.9. The number of anilines is 1. The standard InChI is InChI=1S/C17H23NO2/c19-17(20)10-14-12-18(11-13-6-2-1-3-7-13)16-9-5-4-8-15(14)16/h4-5,8-9,13-14H,1-3,6-7,10-12H2,(H,19,20). The molecule has 1 heterocycles. The third kappa shape index (κ3) is 2.82. The van der Waals surface area contributed by atoms with Crippen molar-refractivity contribution in [3.8, 4) is 0 Å². The van der Waals surface area contributed by atoms with Gasteiger partial charge in [-0.15, -0.1) is 0 Å². The van der Waals surface area contributed by atoms with E-state index in [2.05, 4.69) is 23.1 Å². The number of hydrogen-bond donors (Lipinski definition) is 1. The van der Waals surface area contributed by atoms with Gasteiger partial charge < -0.3 is 10.0 Å². The van der Waals surface area contributed by atoms with Gasteiger partial charge >= 0.3 is 5.97 Å². The van der Waals surface area contributed by atoms with E-state index < -0.39 is 5.97 Å². The summed E-state index contributed by atoms with van der Waals surface area (Å²) in [5.74, 6) is 0.261. The summed E-state index contributed by atoms with van der Waals surface area (Å²) in [4.78, 5) is 13.5. The van der Waals surface area contributed by atoms with Crippen LogP contribution in [-0.4, -0.2) is 24.2 Å². The average Bonchev–Trinajstić information content (AvgIpc) is 2.78. The maximum atomic E-state index is 11.0. The minimum Gasteiger partial charge on any atom is -0.481 e. The number of carbonyl (C=O) groups is 1. The van der Waals surface area contributed by atoms with Crippen molar-refractivity contribution in [1.29, 1.82) is 0 Å². The maximum Gasteiger partial charge on any atom is 0.304 e. The smallest absolute Gasteiger partial charge is 0.304 e. The summed E-state index contributed by atoms with van der Waals surface area (Å²) in [5.41, 5.74) is 2.50. The average molecular weight is 273 g/mol. The summed E-state index contributed by atoms with van der Waals surface area (Å²) < 4.78 is 0. The molecule has 3 rings (SSSR count). The lowest BCUT2D eigenvalue weighted by molar-refractivity contribution is -0.137. The van der Waals surface area contributed by atoms with Crippen LogP contribution in [0, 0.1) is 5.92 Å². The van der Waals surface area contributed by atoms with Crippen LogP contribution >= 0.6 is 0 Å². The fourth-order valence-corrected chi connectivity index (χ4v) is 3.82. The highest BCUT2D eigenvalue weighted by Crippen LogP contribution is 2.39. The molecular weight excluding hydrogens is 250 g/mol. The Morgan fingerprint density at radius 1 is 1.20 bits per heavy atom. The molecule has 1 fully saturated rings. The van der Waals surface area contributed by atoms with E-state index in [0.717, 1.165) is 19.0 Å². The Morgan fingerprint density at radius 2 is 1.95 bits per heavy atom. The lowest BCUT2D eigenvalue weighted by atomic mass is 9.89. The molecule has 1 unspecified atom stereocenters. The van der Waals surface area contributed by atoms with Crippen molar-refractivity contribution in [2.24, 2.45) is 5.92 Å². The van der Waals surface area contributed by atoms with Crippen LogP contribution in [0.25, 0.3) is 0 Å². The Labute approximate surface area is 120 Å². The summed E-state index contributed by atoms with van der Waals surface area (Å²) in [6.45, 7) is 1.98. The molecule has 3 nitrogen and oxygen atoms in total. The first-order valence-electron chi connectivity index (χ1n) is 7.79. The van der Waals surface area contributed by atoms with Crippen molar-refractivity contribution in [2.75, 3.05) is 18.0 Å². The molecule has 0 spiro atoms. The highest BCUT2D eigenvalue weighted by atomic mass is 16.4. The number of hydrogen-bond acceptors (Lipinski definition) is 2. The minimum atomic E-state index is -0.690. The van der Waals surface area contributed by atoms with Crippen LogP contribution in [0.2, 0.25) is 0 Å². The van der Waals surface area contributed by atoms with Crippen molar-refractivity contribution >= 4 is 11.7 Å². The molecular formula is C17H23NO2. The minimum absolute atomic E-state index is 0.160. The molecule has 2 aliphatic rings. The second kappa shape index (κ2) is 5.86. The molecule has 20 heavy (non-hydrogen) atoms. The molecule has 1 aromatic carbocycles. The van der Waals surface area contributed by atoms with Crippen molar-refractivity contribution in [1.82, 2.24) is 0 Å². The Kier molecular flexibility index (Phi) is 3.95. The molecule has 1 aromatic rings. The lowest BCUT2D eigenvalue weighted by Gasteiger charge is -2.28. The van der Waals surface area contributed by atoms with Crippen molar-refractivity contribution in [3.05, 3.63) is 29.8 Å². The van der Waals surface area contributed by atoms with Crippen LogP contribution in [0.3, 0.4) is 0 Å². The Hall–Kier alpha value is -1.51. The van der Waals surface area contributed by atoms with E-state index in [-0.39, 0.29) is 12.3 Å². The maximum absolute atomic E-state index is 11.0. The number of fused-ring (bicyclic) bond motifs is 1. The number of benzene rings is 1. The SMILES string of the molecule is O=C(O)CC1CN(CC2CCCCC2)c2ccccc21. The second-order valence-electron chi connectivity index (χ2n) is 6.26. The quantitative estimate of drug-likeness (QED) is 0.910. The predicted molar refractivity (Wildman–Crippen MR) is 80.2 cm³/mol. The van der Waals surface area contributed by atoms with Crippen LogP contribution in [0.5, 0.6) is 0 Å². The number of carboxylic acids is 1. The summed E-state index contributed by atoms with van der Waals surface area (Å²) >= 11 is 0. The van der Waals surface area contributed by atoms with E-state index in [1.54, 1.807) is 0 Å². The molecule has 0 amide bonds. The van der Waals surface area contributed by atoms with Gasteiger partial charge in [0.1, 0.15) is 0 Å². The first kappa shape index (κ1) is 13.5. The molecule has 0 bridgehead atoms. The van der Waals surface area contributed by atoms with E-state index >= 15 is 0 Å². The number of nitrogens with zero attached hydrogens (tertiary/aromatic N) is 1. The van der Waals surface area contributed by atoms with Crippen molar-refractivity contribution < 1.29 is 9.90 Å². The number of carboxylic acid groups (broad SMARTS) is 1. The van der Waals surface area contributed by atoms with Gasteiger partial charge in [-0.3, -0.25) is 4.79 Å². The Balaban J connectivity index is 1.74. The van der Waals surface area contributed by atoms with Gasteiger partial charge in [0.15, 0.2) is 0 Å². The first-order valence-corrected chi connectivity index (χ1v) is 7.79. The van der Waals surface area contributed by atoms with Gasteiger partial charge in [0, 0.05) is 24.7 Å². The number of aliphatic carboxylic acids is 1. The molecule has 0 radical (unpaired) electrons. The monoisotopic (exact) mass is 273 g/mol. The van der Waals surface area contributed by atoms with E-state index in [1.165, 1.54) is 43.4 Å². The van der Waals surface area contributed by atoms with Crippen LogP contribution < -0.4 is 4.90 Å². The zero-order valence-electron chi connectivity index (χ0n) is 11.9. The lowest BCUT2D eigenvalue weighted by Crippen LogP contribution is -2.30. The molecule has 0 aromatic heterocycles. The summed E-state index contributed by atoms with van der Waals surface area (Å²) in [7, 11) is 0. The normalized spacial score (nSPS) is 22.8. The van der Waals surface area contributed by atoms with Gasteiger partial charge in [-0.2, -0.15) is 0 Å². The summed E-state index contributed by atoms with van der Waals surface area (Å²) in [6, 6.07) is 8.34. The topological polar surface area (TPSA) is 40.5 Å². The third-order valence-electron chi connectivity index (χ3n) is 4.78. The fourth-order valence-electron chi connectivity index (χ4n) is 3.82. The van der Waals surface area contributed by atoms with Gasteiger partial charge in [-0.05, 0) is 30.4 Å². The Morgan fingerprint density at radius 3 is 2.70 bits per heavy atom. The van der Waals surface area contributed by atoms with Gasteiger partial charge in [0.2, 0.25) is 0 Å². The van der Waals surface area contributed by atoms with E-state index in [9.17, 15) is 4.79 Å². The van der Waals surface area contributed by atoms with Crippen LogP contribution in [0.1, 0.15) is 50.0 Å². The molecule has 1 atom stereocenters. The largest absolute Gasteiger partial charge is 0.481 e. The van der Waals surface area contributed by atoms with E-state index in [1.807, 2.05) is 6.07 Å². The van der Waals surface area contributed by atoms with Crippen LogP contribution in [-0.2, 0) is 4.79 Å².